The molecule has 0 bridgehead atoms. The van der Waals surface area contributed by atoms with Gasteiger partial charge in [-0.05, 0) is 31.0 Å². The van der Waals surface area contributed by atoms with Crippen LogP contribution in [0.1, 0.15) is 35.7 Å². The highest BCUT2D eigenvalue weighted by Gasteiger charge is 2.11. The van der Waals surface area contributed by atoms with Crippen LogP contribution in [0, 0.1) is 6.92 Å². The van der Waals surface area contributed by atoms with Gasteiger partial charge in [0.15, 0.2) is 6.61 Å². The van der Waals surface area contributed by atoms with E-state index in [-0.39, 0.29) is 6.61 Å². The molecule has 19 heavy (non-hydrogen) atoms. The fourth-order valence-corrected chi connectivity index (χ4v) is 1.35. The molecular formula is C14H19NO4. The summed E-state index contributed by atoms with van der Waals surface area (Å²) in [4.78, 5) is 22.9. The molecule has 0 aliphatic heterocycles. The number of benzene rings is 1. The van der Waals surface area contributed by atoms with E-state index >= 15 is 0 Å². The summed E-state index contributed by atoms with van der Waals surface area (Å²) in [6.07, 6.45) is 1.74. The molecule has 0 spiro atoms. The molecular weight excluding hydrogens is 246 g/mol. The maximum atomic E-state index is 11.7. The van der Waals surface area contributed by atoms with Gasteiger partial charge in [-0.3, -0.25) is 0 Å². The summed E-state index contributed by atoms with van der Waals surface area (Å²) < 4.78 is 9.72. The summed E-state index contributed by atoms with van der Waals surface area (Å²) in [5.74, 6) is -1.12. The van der Waals surface area contributed by atoms with Crippen molar-refractivity contribution in [2.24, 2.45) is 0 Å². The second-order valence-corrected chi connectivity index (χ2v) is 4.22. The maximum Gasteiger partial charge on any atom is 0.344 e. The third-order valence-electron chi connectivity index (χ3n) is 2.60. The lowest BCUT2D eigenvalue weighted by Crippen LogP contribution is -2.17. The summed E-state index contributed by atoms with van der Waals surface area (Å²) in [6.45, 7) is 3.81. The summed E-state index contributed by atoms with van der Waals surface area (Å²) >= 11 is 0. The Morgan fingerprint density at radius 3 is 2.63 bits per heavy atom. The van der Waals surface area contributed by atoms with E-state index in [0.29, 0.717) is 17.9 Å². The van der Waals surface area contributed by atoms with Crippen LogP contribution in [-0.2, 0) is 14.3 Å². The van der Waals surface area contributed by atoms with E-state index in [4.69, 9.17) is 15.2 Å². The standard InChI is InChI=1S/C14H19NO4/c1-3-4-7-18-13(16)9-19-14(17)11-6-5-10(2)12(15)8-11/h5-6,8H,3-4,7,9,15H2,1-2H3. The van der Waals surface area contributed by atoms with Gasteiger partial charge in [0.1, 0.15) is 0 Å². The average Bonchev–Trinajstić information content (AvgIpc) is 2.39. The first-order valence-corrected chi connectivity index (χ1v) is 6.23. The van der Waals surface area contributed by atoms with Crippen molar-refractivity contribution in [3.8, 4) is 0 Å². The first kappa shape index (κ1) is 15.0. The van der Waals surface area contributed by atoms with E-state index in [1.807, 2.05) is 13.8 Å². The number of anilines is 1. The second-order valence-electron chi connectivity index (χ2n) is 4.22. The Bertz CT molecular complexity index is 457. The molecule has 0 unspecified atom stereocenters. The molecule has 1 aromatic carbocycles. The molecule has 0 saturated heterocycles. The third-order valence-corrected chi connectivity index (χ3v) is 2.60. The van der Waals surface area contributed by atoms with Crippen LogP contribution in [0.2, 0.25) is 0 Å². The predicted octanol–water partition coefficient (Wildman–Crippen LogP) is 2.08. The van der Waals surface area contributed by atoms with Crippen LogP contribution in [0.25, 0.3) is 0 Å². The van der Waals surface area contributed by atoms with Crippen molar-refractivity contribution in [3.63, 3.8) is 0 Å². The number of ether oxygens (including phenoxy) is 2. The number of rotatable bonds is 6. The summed E-state index contributed by atoms with van der Waals surface area (Å²) in [6, 6.07) is 4.86. The van der Waals surface area contributed by atoms with Crippen molar-refractivity contribution < 1.29 is 19.1 Å². The summed E-state index contributed by atoms with van der Waals surface area (Å²) in [5.41, 5.74) is 7.42. The molecule has 5 nitrogen and oxygen atoms in total. The molecule has 1 aromatic rings. The van der Waals surface area contributed by atoms with Gasteiger partial charge in [0.2, 0.25) is 0 Å². The van der Waals surface area contributed by atoms with E-state index in [2.05, 4.69) is 0 Å². The Morgan fingerprint density at radius 1 is 1.26 bits per heavy atom. The highest BCUT2D eigenvalue weighted by molar-refractivity contribution is 5.91. The van der Waals surface area contributed by atoms with Crippen molar-refractivity contribution in [3.05, 3.63) is 29.3 Å². The first-order chi connectivity index (χ1) is 9.04. The Kier molecular flexibility index (Phi) is 5.85. The normalized spacial score (nSPS) is 10.0. The molecule has 2 N–H and O–H groups in total. The van der Waals surface area contributed by atoms with Gasteiger partial charge >= 0.3 is 11.9 Å². The Balaban J connectivity index is 2.42. The molecule has 0 aromatic heterocycles. The Labute approximate surface area is 112 Å². The minimum Gasteiger partial charge on any atom is -0.463 e. The summed E-state index contributed by atoms with van der Waals surface area (Å²) in [7, 11) is 0. The van der Waals surface area contributed by atoms with E-state index in [9.17, 15) is 9.59 Å². The number of nitrogen functional groups attached to an aromatic ring is 1. The van der Waals surface area contributed by atoms with Crippen molar-refractivity contribution in [2.45, 2.75) is 26.7 Å². The zero-order chi connectivity index (χ0) is 14.3. The van der Waals surface area contributed by atoms with Crippen LogP contribution in [0.15, 0.2) is 18.2 Å². The van der Waals surface area contributed by atoms with Gasteiger partial charge in [-0.1, -0.05) is 19.4 Å². The lowest BCUT2D eigenvalue weighted by atomic mass is 10.1. The van der Waals surface area contributed by atoms with E-state index < -0.39 is 11.9 Å². The molecule has 104 valence electrons. The molecule has 0 radical (unpaired) electrons. The van der Waals surface area contributed by atoms with E-state index in [0.717, 1.165) is 18.4 Å². The zero-order valence-corrected chi connectivity index (χ0v) is 11.3. The fourth-order valence-electron chi connectivity index (χ4n) is 1.35. The molecule has 0 aliphatic carbocycles. The number of hydrogen-bond acceptors (Lipinski definition) is 5. The number of esters is 2. The van der Waals surface area contributed by atoms with Crippen LogP contribution in [0.3, 0.4) is 0 Å². The molecule has 0 amide bonds. The first-order valence-electron chi connectivity index (χ1n) is 6.23. The lowest BCUT2D eigenvalue weighted by Gasteiger charge is -2.07. The minimum atomic E-state index is -0.584. The van der Waals surface area contributed by atoms with Crippen LogP contribution in [0.5, 0.6) is 0 Å². The Morgan fingerprint density at radius 2 is 2.00 bits per heavy atom. The van der Waals surface area contributed by atoms with Gasteiger partial charge in [0, 0.05) is 5.69 Å². The quantitative estimate of drug-likeness (QED) is 0.484. The number of unbranched alkanes of at least 4 members (excludes halogenated alkanes) is 1. The van der Waals surface area contributed by atoms with Gasteiger partial charge in [0.05, 0.1) is 12.2 Å². The molecule has 1 rings (SSSR count). The SMILES string of the molecule is CCCCOC(=O)COC(=O)c1ccc(C)c(N)c1. The number of aryl methyl sites for hydroxylation is 1. The molecule has 0 heterocycles. The molecule has 0 atom stereocenters. The predicted molar refractivity (Wildman–Crippen MR) is 71.7 cm³/mol. The largest absolute Gasteiger partial charge is 0.463 e. The van der Waals surface area contributed by atoms with Crippen molar-refractivity contribution in [2.75, 3.05) is 18.9 Å². The van der Waals surface area contributed by atoms with Gasteiger partial charge in [-0.25, -0.2) is 9.59 Å². The zero-order valence-electron chi connectivity index (χ0n) is 11.3. The lowest BCUT2D eigenvalue weighted by molar-refractivity contribution is -0.147. The van der Waals surface area contributed by atoms with Crippen LogP contribution in [-0.4, -0.2) is 25.2 Å². The average molecular weight is 265 g/mol. The van der Waals surface area contributed by atoms with Crippen molar-refractivity contribution in [1.29, 1.82) is 0 Å². The van der Waals surface area contributed by atoms with Crippen molar-refractivity contribution >= 4 is 17.6 Å². The fraction of sp³-hybridized carbons (Fsp3) is 0.429. The highest BCUT2D eigenvalue weighted by Crippen LogP contribution is 2.13. The van der Waals surface area contributed by atoms with Gasteiger partial charge in [0.25, 0.3) is 0 Å². The van der Waals surface area contributed by atoms with Crippen LogP contribution in [0.4, 0.5) is 5.69 Å². The van der Waals surface area contributed by atoms with Gasteiger partial charge in [-0.2, -0.15) is 0 Å². The van der Waals surface area contributed by atoms with Gasteiger partial charge in [-0.15, -0.1) is 0 Å². The minimum absolute atomic E-state index is 0.324. The Hall–Kier alpha value is -2.04. The molecule has 0 fully saturated rings. The molecule has 0 saturated carbocycles. The second kappa shape index (κ2) is 7.41. The number of hydrogen-bond donors (Lipinski definition) is 1. The van der Waals surface area contributed by atoms with Crippen LogP contribution < -0.4 is 5.73 Å². The molecule has 5 heteroatoms. The molecule has 0 aliphatic rings. The number of nitrogens with two attached hydrogens (primary N) is 1. The van der Waals surface area contributed by atoms with E-state index in [1.54, 1.807) is 12.1 Å². The maximum absolute atomic E-state index is 11.7. The highest BCUT2D eigenvalue weighted by atomic mass is 16.6. The summed E-state index contributed by atoms with van der Waals surface area (Å²) in [5, 5.41) is 0. The topological polar surface area (TPSA) is 78.6 Å². The number of carbonyl (C=O) groups is 2. The monoisotopic (exact) mass is 265 g/mol. The third kappa shape index (κ3) is 4.99. The van der Waals surface area contributed by atoms with Crippen molar-refractivity contribution in [1.82, 2.24) is 0 Å². The number of carbonyl (C=O) groups excluding carboxylic acids is 2. The smallest absolute Gasteiger partial charge is 0.344 e. The van der Waals surface area contributed by atoms with E-state index in [1.165, 1.54) is 6.07 Å². The van der Waals surface area contributed by atoms with Crippen LogP contribution >= 0.6 is 0 Å². The van der Waals surface area contributed by atoms with Gasteiger partial charge < -0.3 is 15.2 Å².